The van der Waals surface area contributed by atoms with Crippen LogP contribution in [0.15, 0.2) is 29.4 Å². The van der Waals surface area contributed by atoms with E-state index in [1.165, 1.54) is 24.0 Å². The summed E-state index contributed by atoms with van der Waals surface area (Å²) in [7, 11) is 0. The number of hydrogen-bond acceptors (Lipinski definition) is 4. The molecule has 0 radical (unpaired) electrons. The van der Waals surface area contributed by atoms with Crippen molar-refractivity contribution in [1.29, 1.82) is 0 Å². The number of aryl methyl sites for hydroxylation is 1. The van der Waals surface area contributed by atoms with Crippen LogP contribution >= 0.6 is 11.8 Å². The van der Waals surface area contributed by atoms with Crippen molar-refractivity contribution in [2.75, 3.05) is 5.32 Å². The normalized spacial score (nSPS) is 12.2. The lowest BCUT2D eigenvalue weighted by molar-refractivity contribution is -0.115. The molecule has 0 aliphatic carbocycles. The zero-order chi connectivity index (χ0) is 13.8. The highest BCUT2D eigenvalue weighted by atomic mass is 32.2. The van der Waals surface area contributed by atoms with Crippen molar-refractivity contribution in [2.24, 2.45) is 0 Å². The maximum absolute atomic E-state index is 13.6. The molecule has 0 spiro atoms. The highest BCUT2D eigenvalue weighted by molar-refractivity contribution is 8.00. The molecule has 2 aromatic rings. The Hall–Kier alpha value is -1.89. The lowest BCUT2D eigenvalue weighted by Crippen LogP contribution is -2.23. The Balaban J connectivity index is 2.00. The Bertz CT molecular complexity index is 573. The fraction of sp³-hybridized carbons (Fsp3) is 0.250. The fourth-order valence-corrected chi connectivity index (χ4v) is 2.17. The molecule has 1 aromatic heterocycles. The quantitative estimate of drug-likeness (QED) is 0.843. The van der Waals surface area contributed by atoms with Crippen molar-refractivity contribution in [3.05, 3.63) is 35.8 Å². The van der Waals surface area contributed by atoms with Crippen LogP contribution in [0.2, 0.25) is 0 Å². The van der Waals surface area contributed by atoms with Gasteiger partial charge in [0.05, 0.1) is 17.1 Å². The molecule has 100 valence electrons. The van der Waals surface area contributed by atoms with Gasteiger partial charge in [-0.25, -0.2) is 4.39 Å². The van der Waals surface area contributed by atoms with Gasteiger partial charge >= 0.3 is 0 Å². The van der Waals surface area contributed by atoms with E-state index in [-0.39, 0.29) is 11.6 Å². The van der Waals surface area contributed by atoms with Gasteiger partial charge in [0, 0.05) is 0 Å². The van der Waals surface area contributed by atoms with E-state index >= 15 is 0 Å². The number of benzene rings is 1. The summed E-state index contributed by atoms with van der Waals surface area (Å²) in [5.41, 5.74) is 0.990. The van der Waals surface area contributed by atoms with Gasteiger partial charge < -0.3 is 5.32 Å². The van der Waals surface area contributed by atoms with Gasteiger partial charge in [0.25, 0.3) is 0 Å². The highest BCUT2D eigenvalue weighted by Crippen LogP contribution is 2.22. The summed E-state index contributed by atoms with van der Waals surface area (Å²) in [5.74, 6) is -0.720. The molecule has 1 unspecified atom stereocenters. The van der Waals surface area contributed by atoms with E-state index in [1.54, 1.807) is 26.0 Å². The first-order valence-electron chi connectivity index (χ1n) is 5.65. The number of hydrogen-bond donors (Lipinski definition) is 2. The van der Waals surface area contributed by atoms with E-state index in [9.17, 15) is 9.18 Å². The number of thioether (sulfide) groups is 1. The average molecular weight is 280 g/mol. The Labute approximate surface area is 114 Å². The molecule has 1 aromatic carbocycles. The van der Waals surface area contributed by atoms with Crippen LogP contribution in [0.25, 0.3) is 0 Å². The third-order valence-electron chi connectivity index (χ3n) is 2.44. The second-order valence-electron chi connectivity index (χ2n) is 4.04. The molecule has 5 nitrogen and oxygen atoms in total. The number of rotatable bonds is 4. The summed E-state index contributed by atoms with van der Waals surface area (Å²) >= 11 is 1.25. The SMILES string of the molecule is Cc1ccc(NC(=O)C(C)Sc2cn[nH]n2)c(F)c1. The Morgan fingerprint density at radius 1 is 1.53 bits per heavy atom. The number of aromatic amines is 1. The number of carbonyl (C=O) groups is 1. The molecular formula is C12H13FN4OS. The number of carbonyl (C=O) groups excluding carboxylic acids is 1. The van der Waals surface area contributed by atoms with Gasteiger partial charge in [-0.1, -0.05) is 17.8 Å². The van der Waals surface area contributed by atoms with Crippen LogP contribution in [-0.4, -0.2) is 26.6 Å². The monoisotopic (exact) mass is 280 g/mol. The lowest BCUT2D eigenvalue weighted by Gasteiger charge is -2.11. The zero-order valence-corrected chi connectivity index (χ0v) is 11.3. The van der Waals surface area contributed by atoms with Crippen LogP contribution < -0.4 is 5.32 Å². The van der Waals surface area contributed by atoms with Gasteiger partial charge in [-0.2, -0.15) is 10.3 Å². The highest BCUT2D eigenvalue weighted by Gasteiger charge is 2.17. The number of nitrogens with zero attached hydrogens (tertiary/aromatic N) is 2. The Morgan fingerprint density at radius 3 is 2.95 bits per heavy atom. The molecule has 2 rings (SSSR count). The van der Waals surface area contributed by atoms with Gasteiger partial charge in [-0.15, -0.1) is 5.10 Å². The number of H-pyrrole nitrogens is 1. The molecule has 7 heteroatoms. The minimum atomic E-state index is -0.438. The summed E-state index contributed by atoms with van der Waals surface area (Å²) in [6.45, 7) is 3.51. The van der Waals surface area contributed by atoms with Crippen LogP contribution in [-0.2, 0) is 4.79 Å². The van der Waals surface area contributed by atoms with Gasteiger partial charge in [0.2, 0.25) is 5.91 Å². The summed E-state index contributed by atoms with van der Waals surface area (Å²) < 4.78 is 13.6. The maximum Gasteiger partial charge on any atom is 0.237 e. The van der Waals surface area contributed by atoms with E-state index in [2.05, 4.69) is 20.7 Å². The van der Waals surface area contributed by atoms with E-state index in [0.717, 1.165) is 5.56 Å². The van der Waals surface area contributed by atoms with Crippen LogP contribution in [0.3, 0.4) is 0 Å². The molecule has 0 fully saturated rings. The predicted molar refractivity (Wildman–Crippen MR) is 71.5 cm³/mol. The van der Waals surface area contributed by atoms with Crippen LogP contribution in [0.4, 0.5) is 10.1 Å². The van der Waals surface area contributed by atoms with Gasteiger partial charge in [0.15, 0.2) is 0 Å². The minimum Gasteiger partial charge on any atom is -0.323 e. The van der Waals surface area contributed by atoms with Crippen LogP contribution in [0.1, 0.15) is 12.5 Å². The molecular weight excluding hydrogens is 267 g/mol. The first kappa shape index (κ1) is 13.5. The standard InChI is InChI=1S/C12H13FN4OS/c1-7-3-4-10(9(13)5-7)15-12(18)8(2)19-11-6-14-17-16-11/h3-6,8H,1-2H3,(H,15,18)(H,14,16,17). The third-order valence-corrected chi connectivity index (χ3v) is 3.45. The average Bonchev–Trinajstić information content (AvgIpc) is 2.85. The van der Waals surface area contributed by atoms with Crippen molar-refractivity contribution < 1.29 is 9.18 Å². The van der Waals surface area contributed by atoms with E-state index in [1.807, 2.05) is 0 Å². The van der Waals surface area contributed by atoms with Gasteiger partial charge in [-0.05, 0) is 31.5 Å². The van der Waals surface area contributed by atoms with Crippen molar-refractivity contribution in [2.45, 2.75) is 24.1 Å². The first-order chi connectivity index (χ1) is 9.06. The lowest BCUT2D eigenvalue weighted by atomic mass is 10.2. The molecule has 19 heavy (non-hydrogen) atoms. The molecule has 0 aliphatic heterocycles. The number of anilines is 1. The fourth-order valence-electron chi connectivity index (χ4n) is 1.44. The molecule has 0 saturated heterocycles. The topological polar surface area (TPSA) is 70.7 Å². The molecule has 1 heterocycles. The molecule has 2 N–H and O–H groups in total. The van der Waals surface area contributed by atoms with Gasteiger partial charge in [-0.3, -0.25) is 4.79 Å². The Morgan fingerprint density at radius 2 is 2.32 bits per heavy atom. The molecule has 0 aliphatic rings. The molecule has 1 amide bonds. The molecule has 0 saturated carbocycles. The van der Waals surface area contributed by atoms with E-state index in [4.69, 9.17) is 0 Å². The van der Waals surface area contributed by atoms with Crippen molar-refractivity contribution in [1.82, 2.24) is 15.4 Å². The number of aromatic nitrogens is 3. The van der Waals surface area contributed by atoms with Gasteiger partial charge in [0.1, 0.15) is 10.8 Å². The minimum absolute atomic E-state index is 0.184. The predicted octanol–water partition coefficient (Wildman–Crippen LogP) is 2.37. The summed E-state index contributed by atoms with van der Waals surface area (Å²) in [6.07, 6.45) is 1.53. The maximum atomic E-state index is 13.6. The van der Waals surface area contributed by atoms with E-state index in [0.29, 0.717) is 5.03 Å². The summed E-state index contributed by atoms with van der Waals surface area (Å²) in [4.78, 5) is 11.9. The zero-order valence-electron chi connectivity index (χ0n) is 10.5. The van der Waals surface area contributed by atoms with E-state index < -0.39 is 11.1 Å². The third kappa shape index (κ3) is 3.54. The second-order valence-corrected chi connectivity index (χ2v) is 5.40. The second kappa shape index (κ2) is 5.83. The smallest absolute Gasteiger partial charge is 0.237 e. The van der Waals surface area contributed by atoms with Crippen LogP contribution in [0.5, 0.6) is 0 Å². The van der Waals surface area contributed by atoms with Crippen molar-refractivity contribution in [3.63, 3.8) is 0 Å². The summed E-state index contributed by atoms with van der Waals surface area (Å²) in [6, 6.07) is 4.68. The number of nitrogens with one attached hydrogen (secondary N) is 2. The Kier molecular flexibility index (Phi) is 4.16. The van der Waals surface area contributed by atoms with Crippen molar-refractivity contribution >= 4 is 23.4 Å². The number of amides is 1. The van der Waals surface area contributed by atoms with Crippen LogP contribution in [0, 0.1) is 12.7 Å². The largest absolute Gasteiger partial charge is 0.323 e. The number of halogens is 1. The molecule has 0 bridgehead atoms. The van der Waals surface area contributed by atoms with Crippen molar-refractivity contribution in [3.8, 4) is 0 Å². The molecule has 1 atom stereocenters. The summed E-state index contributed by atoms with van der Waals surface area (Å²) in [5, 5.41) is 12.7. The first-order valence-corrected chi connectivity index (χ1v) is 6.53.